The van der Waals surface area contributed by atoms with Crippen LogP contribution < -0.4 is 0 Å². The van der Waals surface area contributed by atoms with Crippen molar-refractivity contribution in [2.24, 2.45) is 29.6 Å². The van der Waals surface area contributed by atoms with Crippen molar-refractivity contribution in [3.05, 3.63) is 0 Å². The molecule has 0 bridgehead atoms. The van der Waals surface area contributed by atoms with E-state index in [9.17, 15) is 4.79 Å². The van der Waals surface area contributed by atoms with Gasteiger partial charge in [-0.05, 0) is 36.5 Å². The van der Waals surface area contributed by atoms with E-state index in [4.69, 9.17) is 5.11 Å². The largest absolute Gasteiger partial charge is 0.481 e. The summed E-state index contributed by atoms with van der Waals surface area (Å²) in [4.78, 5) is 11.0. The Kier molecular flexibility index (Phi) is 1.67. The third-order valence-corrected chi connectivity index (χ3v) is 3.55. The van der Waals surface area contributed by atoms with Gasteiger partial charge in [-0.25, -0.2) is 0 Å². The highest BCUT2D eigenvalue weighted by molar-refractivity contribution is 5.71. The molecule has 0 aromatic carbocycles. The molecule has 2 aliphatic carbocycles. The Morgan fingerprint density at radius 1 is 1.25 bits per heavy atom. The number of carbonyl (C=O) groups is 1. The zero-order valence-electron chi connectivity index (χ0n) is 7.66. The summed E-state index contributed by atoms with van der Waals surface area (Å²) in [5.74, 6) is 1.75. The van der Waals surface area contributed by atoms with Gasteiger partial charge in [0.1, 0.15) is 0 Å². The molecule has 2 aliphatic rings. The first-order valence-electron chi connectivity index (χ1n) is 4.84. The third kappa shape index (κ3) is 1.23. The van der Waals surface area contributed by atoms with Crippen LogP contribution in [-0.2, 0) is 4.79 Å². The van der Waals surface area contributed by atoms with Crippen LogP contribution in [0.5, 0.6) is 0 Å². The minimum Gasteiger partial charge on any atom is -0.481 e. The molecule has 2 nitrogen and oxygen atoms in total. The molecule has 2 saturated carbocycles. The van der Waals surface area contributed by atoms with Crippen LogP contribution in [0.15, 0.2) is 0 Å². The quantitative estimate of drug-likeness (QED) is 0.699. The van der Waals surface area contributed by atoms with Crippen LogP contribution in [0.2, 0.25) is 0 Å². The molecular weight excluding hydrogens is 152 g/mol. The van der Waals surface area contributed by atoms with Gasteiger partial charge >= 0.3 is 5.97 Å². The summed E-state index contributed by atoms with van der Waals surface area (Å²) in [6.45, 7) is 4.32. The second kappa shape index (κ2) is 2.48. The van der Waals surface area contributed by atoms with Crippen molar-refractivity contribution in [1.82, 2.24) is 0 Å². The predicted molar refractivity (Wildman–Crippen MR) is 45.7 cm³/mol. The normalized spacial score (nSPS) is 46.8. The summed E-state index contributed by atoms with van der Waals surface area (Å²) in [6, 6.07) is 0. The van der Waals surface area contributed by atoms with Crippen LogP contribution in [-0.4, -0.2) is 11.1 Å². The maximum Gasteiger partial charge on any atom is 0.307 e. The summed E-state index contributed by atoms with van der Waals surface area (Å²) in [5, 5.41) is 9.03. The molecule has 68 valence electrons. The number of aliphatic carboxylic acids is 1. The highest BCUT2D eigenvalue weighted by atomic mass is 16.4. The topological polar surface area (TPSA) is 37.3 Å². The lowest BCUT2D eigenvalue weighted by Gasteiger charge is -2.09. The van der Waals surface area contributed by atoms with Crippen molar-refractivity contribution in [3.63, 3.8) is 0 Å². The Morgan fingerprint density at radius 3 is 1.75 bits per heavy atom. The van der Waals surface area contributed by atoms with Gasteiger partial charge in [-0.2, -0.15) is 0 Å². The van der Waals surface area contributed by atoms with Gasteiger partial charge in [0.2, 0.25) is 0 Å². The summed E-state index contributed by atoms with van der Waals surface area (Å²) < 4.78 is 0. The van der Waals surface area contributed by atoms with E-state index in [0.29, 0.717) is 23.7 Å². The van der Waals surface area contributed by atoms with E-state index >= 15 is 0 Å². The molecule has 2 rings (SSSR count). The van der Waals surface area contributed by atoms with Gasteiger partial charge in [-0.1, -0.05) is 13.8 Å². The molecule has 0 saturated heterocycles. The van der Waals surface area contributed by atoms with Gasteiger partial charge in [0.05, 0.1) is 5.92 Å². The molecule has 4 unspecified atom stereocenters. The predicted octanol–water partition coefficient (Wildman–Crippen LogP) is 2.00. The lowest BCUT2D eigenvalue weighted by atomic mass is 9.95. The van der Waals surface area contributed by atoms with Crippen LogP contribution in [0.1, 0.15) is 26.7 Å². The first-order chi connectivity index (χ1) is 5.61. The van der Waals surface area contributed by atoms with Crippen molar-refractivity contribution >= 4 is 5.97 Å². The van der Waals surface area contributed by atoms with E-state index in [1.54, 1.807) is 0 Å². The number of hydrogen-bond donors (Lipinski definition) is 1. The van der Waals surface area contributed by atoms with Gasteiger partial charge < -0.3 is 5.11 Å². The monoisotopic (exact) mass is 168 g/mol. The summed E-state index contributed by atoms with van der Waals surface area (Å²) >= 11 is 0. The second-order valence-corrected chi connectivity index (χ2v) is 4.62. The molecule has 0 radical (unpaired) electrons. The van der Waals surface area contributed by atoms with Gasteiger partial charge in [-0.15, -0.1) is 0 Å². The first-order valence-corrected chi connectivity index (χ1v) is 4.84. The molecular formula is C10H16O2. The minimum absolute atomic E-state index is 0.0185. The van der Waals surface area contributed by atoms with Crippen LogP contribution in [0.25, 0.3) is 0 Å². The average molecular weight is 168 g/mol. The molecule has 0 aromatic rings. The summed E-state index contributed by atoms with van der Waals surface area (Å²) in [7, 11) is 0. The van der Waals surface area contributed by atoms with E-state index in [0.717, 1.165) is 12.8 Å². The lowest BCUT2D eigenvalue weighted by Crippen LogP contribution is -2.19. The average Bonchev–Trinajstić information content (AvgIpc) is 2.79. The molecule has 2 fully saturated rings. The Labute approximate surface area is 73.0 Å². The van der Waals surface area contributed by atoms with E-state index in [1.165, 1.54) is 0 Å². The molecule has 0 amide bonds. The minimum atomic E-state index is -0.557. The number of carboxylic acids is 1. The van der Waals surface area contributed by atoms with Crippen molar-refractivity contribution in [3.8, 4) is 0 Å². The SMILES string of the molecule is CC1CC1C(C(=O)O)C1CC1C. The fourth-order valence-electron chi connectivity index (χ4n) is 2.39. The fourth-order valence-corrected chi connectivity index (χ4v) is 2.39. The molecule has 0 spiro atoms. The summed E-state index contributed by atoms with van der Waals surface area (Å²) in [6.07, 6.45) is 2.28. The maximum atomic E-state index is 11.0. The molecule has 0 aliphatic heterocycles. The van der Waals surface area contributed by atoms with Crippen molar-refractivity contribution in [2.75, 3.05) is 0 Å². The van der Waals surface area contributed by atoms with Gasteiger partial charge in [0.15, 0.2) is 0 Å². The maximum absolute atomic E-state index is 11.0. The molecule has 0 heterocycles. The van der Waals surface area contributed by atoms with Gasteiger partial charge in [0.25, 0.3) is 0 Å². The fraction of sp³-hybridized carbons (Fsp3) is 0.900. The third-order valence-electron chi connectivity index (χ3n) is 3.55. The highest BCUT2D eigenvalue weighted by Gasteiger charge is 2.53. The lowest BCUT2D eigenvalue weighted by molar-refractivity contribution is -0.143. The van der Waals surface area contributed by atoms with Crippen LogP contribution in [0.3, 0.4) is 0 Å². The van der Waals surface area contributed by atoms with Crippen molar-refractivity contribution < 1.29 is 9.90 Å². The van der Waals surface area contributed by atoms with Crippen molar-refractivity contribution in [2.45, 2.75) is 26.7 Å². The first kappa shape index (κ1) is 8.09. The van der Waals surface area contributed by atoms with E-state index in [-0.39, 0.29) is 5.92 Å². The highest BCUT2D eigenvalue weighted by Crippen LogP contribution is 2.55. The molecule has 4 atom stereocenters. The van der Waals surface area contributed by atoms with Gasteiger partial charge in [0, 0.05) is 0 Å². The number of hydrogen-bond acceptors (Lipinski definition) is 1. The molecule has 2 heteroatoms. The van der Waals surface area contributed by atoms with Crippen molar-refractivity contribution in [1.29, 1.82) is 0 Å². The number of rotatable bonds is 3. The van der Waals surface area contributed by atoms with E-state index < -0.39 is 5.97 Å². The molecule has 1 N–H and O–H groups in total. The Hall–Kier alpha value is -0.530. The molecule has 0 aromatic heterocycles. The Balaban J connectivity index is 1.99. The summed E-state index contributed by atoms with van der Waals surface area (Å²) in [5.41, 5.74) is 0. The van der Waals surface area contributed by atoms with Crippen LogP contribution in [0, 0.1) is 29.6 Å². The number of carboxylic acid groups (broad SMARTS) is 1. The molecule has 12 heavy (non-hydrogen) atoms. The van der Waals surface area contributed by atoms with E-state index in [1.807, 2.05) is 0 Å². The van der Waals surface area contributed by atoms with E-state index in [2.05, 4.69) is 13.8 Å². The standard InChI is InChI=1S/C10H16O2/c1-5-3-7(5)9(10(11)12)8-4-6(8)2/h5-9H,3-4H2,1-2H3,(H,11,12). The van der Waals surface area contributed by atoms with Crippen LogP contribution >= 0.6 is 0 Å². The zero-order chi connectivity index (χ0) is 8.88. The Bertz CT molecular complexity index is 196. The smallest absolute Gasteiger partial charge is 0.307 e. The second-order valence-electron chi connectivity index (χ2n) is 4.62. The van der Waals surface area contributed by atoms with Gasteiger partial charge in [-0.3, -0.25) is 4.79 Å². The van der Waals surface area contributed by atoms with Crippen LogP contribution in [0.4, 0.5) is 0 Å². The zero-order valence-corrected chi connectivity index (χ0v) is 7.66. The Morgan fingerprint density at radius 2 is 1.58 bits per heavy atom.